The van der Waals surface area contributed by atoms with Crippen molar-refractivity contribution < 1.29 is 9.18 Å². The van der Waals surface area contributed by atoms with Crippen LogP contribution in [0, 0.1) is 12.7 Å². The Morgan fingerprint density at radius 1 is 1.10 bits per heavy atom. The molecule has 1 saturated heterocycles. The minimum atomic E-state index is -0.368. The van der Waals surface area contributed by atoms with E-state index < -0.39 is 0 Å². The van der Waals surface area contributed by atoms with Crippen molar-refractivity contribution in [1.29, 1.82) is 0 Å². The standard InChI is InChI=1S/C23H25FN6O/c1-15-11-19(29-21-4-3-18(24)14-27-21)13-20(28-15)16-6-9-30(10-7-16)23(31)17-5-8-26-22(12-17)25-2/h3-5,8,11-14,16H,6-7,9-10H2,1-2H3,(H,25,26)(H,27,28,29). The number of piperidine rings is 1. The average Bonchev–Trinajstić information content (AvgIpc) is 2.80. The van der Waals surface area contributed by atoms with E-state index in [0.717, 1.165) is 29.9 Å². The van der Waals surface area contributed by atoms with Crippen LogP contribution in [0.15, 0.2) is 48.8 Å². The van der Waals surface area contributed by atoms with Crippen LogP contribution < -0.4 is 10.6 Å². The molecule has 4 rings (SSSR count). The summed E-state index contributed by atoms with van der Waals surface area (Å²) in [6.45, 7) is 3.31. The number of nitrogens with one attached hydrogen (secondary N) is 2. The predicted octanol–water partition coefficient (Wildman–Crippen LogP) is 4.12. The Bertz CT molecular complexity index is 1060. The summed E-state index contributed by atoms with van der Waals surface area (Å²) < 4.78 is 13.1. The van der Waals surface area contributed by atoms with Gasteiger partial charge in [-0.25, -0.2) is 14.4 Å². The molecule has 1 aliphatic rings. The average molecular weight is 420 g/mol. The van der Waals surface area contributed by atoms with Crippen molar-refractivity contribution in [3.8, 4) is 0 Å². The number of anilines is 3. The Morgan fingerprint density at radius 2 is 1.90 bits per heavy atom. The highest BCUT2D eigenvalue weighted by Gasteiger charge is 2.26. The lowest BCUT2D eigenvalue weighted by atomic mass is 9.92. The summed E-state index contributed by atoms with van der Waals surface area (Å²) in [7, 11) is 1.78. The van der Waals surface area contributed by atoms with E-state index in [1.165, 1.54) is 12.3 Å². The van der Waals surface area contributed by atoms with Gasteiger partial charge in [0, 0.05) is 54.9 Å². The summed E-state index contributed by atoms with van der Waals surface area (Å²) in [5, 5.41) is 6.18. The quantitative estimate of drug-likeness (QED) is 0.646. The third-order valence-corrected chi connectivity index (χ3v) is 5.44. The number of carbonyl (C=O) groups excluding carboxylic acids is 1. The van der Waals surface area contributed by atoms with Gasteiger partial charge in [-0.3, -0.25) is 9.78 Å². The van der Waals surface area contributed by atoms with Crippen molar-refractivity contribution in [3.05, 3.63) is 71.6 Å². The molecule has 0 atom stereocenters. The molecular weight excluding hydrogens is 395 g/mol. The highest BCUT2D eigenvalue weighted by atomic mass is 19.1. The van der Waals surface area contributed by atoms with Crippen LogP contribution in [0.3, 0.4) is 0 Å². The number of aromatic nitrogens is 3. The van der Waals surface area contributed by atoms with Crippen LogP contribution in [-0.2, 0) is 0 Å². The van der Waals surface area contributed by atoms with Crippen LogP contribution in [0.5, 0.6) is 0 Å². The smallest absolute Gasteiger partial charge is 0.254 e. The molecule has 1 amide bonds. The van der Waals surface area contributed by atoms with Gasteiger partial charge in [0.15, 0.2) is 0 Å². The fraction of sp³-hybridized carbons (Fsp3) is 0.304. The van der Waals surface area contributed by atoms with E-state index >= 15 is 0 Å². The zero-order valence-corrected chi connectivity index (χ0v) is 17.6. The van der Waals surface area contributed by atoms with Gasteiger partial charge in [-0.1, -0.05) is 0 Å². The lowest BCUT2D eigenvalue weighted by Crippen LogP contribution is -2.38. The molecule has 0 unspecified atom stereocenters. The molecule has 0 spiro atoms. The largest absolute Gasteiger partial charge is 0.373 e. The Kier molecular flexibility index (Phi) is 6.06. The highest BCUT2D eigenvalue weighted by molar-refractivity contribution is 5.94. The molecule has 2 N–H and O–H groups in total. The number of hydrogen-bond acceptors (Lipinski definition) is 6. The molecule has 1 fully saturated rings. The fourth-order valence-corrected chi connectivity index (χ4v) is 3.83. The van der Waals surface area contributed by atoms with Crippen LogP contribution >= 0.6 is 0 Å². The molecule has 31 heavy (non-hydrogen) atoms. The third kappa shape index (κ3) is 4.96. The molecule has 3 aromatic rings. The molecule has 7 nitrogen and oxygen atoms in total. The Morgan fingerprint density at radius 3 is 2.61 bits per heavy atom. The van der Waals surface area contributed by atoms with Gasteiger partial charge in [0.2, 0.25) is 0 Å². The highest BCUT2D eigenvalue weighted by Crippen LogP contribution is 2.30. The van der Waals surface area contributed by atoms with E-state index in [1.807, 2.05) is 24.0 Å². The third-order valence-electron chi connectivity index (χ3n) is 5.44. The van der Waals surface area contributed by atoms with Crippen molar-refractivity contribution in [3.63, 3.8) is 0 Å². The van der Waals surface area contributed by atoms with Crippen LogP contribution in [-0.4, -0.2) is 45.9 Å². The summed E-state index contributed by atoms with van der Waals surface area (Å²) in [6.07, 6.45) is 4.53. The second-order valence-corrected chi connectivity index (χ2v) is 7.65. The molecule has 3 aromatic heterocycles. The maximum Gasteiger partial charge on any atom is 0.254 e. The van der Waals surface area contributed by atoms with Gasteiger partial charge < -0.3 is 15.5 Å². The zero-order valence-electron chi connectivity index (χ0n) is 17.6. The summed E-state index contributed by atoms with van der Waals surface area (Å²) >= 11 is 0. The molecule has 0 radical (unpaired) electrons. The first-order valence-electron chi connectivity index (χ1n) is 10.3. The first-order valence-corrected chi connectivity index (χ1v) is 10.3. The predicted molar refractivity (Wildman–Crippen MR) is 118 cm³/mol. The van der Waals surface area contributed by atoms with E-state index in [0.29, 0.717) is 30.3 Å². The Labute approximate surface area is 180 Å². The van der Waals surface area contributed by atoms with Crippen LogP contribution in [0.4, 0.5) is 21.7 Å². The molecule has 0 saturated carbocycles. The van der Waals surface area contributed by atoms with Crippen LogP contribution in [0.25, 0.3) is 0 Å². The zero-order chi connectivity index (χ0) is 21.8. The number of rotatable bonds is 5. The van der Waals surface area contributed by atoms with Gasteiger partial charge >= 0.3 is 0 Å². The van der Waals surface area contributed by atoms with Crippen molar-refractivity contribution in [2.24, 2.45) is 0 Å². The number of likely N-dealkylation sites (tertiary alicyclic amines) is 1. The molecule has 8 heteroatoms. The summed E-state index contributed by atoms with van der Waals surface area (Å²) in [6, 6.07) is 10.5. The van der Waals surface area contributed by atoms with Crippen LogP contribution in [0.1, 0.15) is 40.5 Å². The second kappa shape index (κ2) is 9.07. The van der Waals surface area contributed by atoms with Gasteiger partial charge in [0.1, 0.15) is 17.5 Å². The van der Waals surface area contributed by atoms with E-state index in [9.17, 15) is 9.18 Å². The molecular formula is C23H25FN6O. The lowest BCUT2D eigenvalue weighted by molar-refractivity contribution is 0.0712. The summed E-state index contributed by atoms with van der Waals surface area (Å²) in [4.78, 5) is 27.7. The number of pyridine rings is 3. The molecule has 4 heterocycles. The SMILES string of the molecule is CNc1cc(C(=O)N2CCC(c3cc(Nc4ccc(F)cn4)cc(C)n3)CC2)ccn1. The molecule has 0 aliphatic carbocycles. The molecule has 0 bridgehead atoms. The van der Waals surface area contributed by atoms with E-state index in [-0.39, 0.29) is 17.6 Å². The monoisotopic (exact) mass is 420 g/mol. The number of hydrogen-bond donors (Lipinski definition) is 2. The Balaban J connectivity index is 1.43. The normalized spacial score (nSPS) is 14.4. The van der Waals surface area contributed by atoms with Crippen molar-refractivity contribution in [1.82, 2.24) is 19.9 Å². The first kappa shape index (κ1) is 20.7. The second-order valence-electron chi connectivity index (χ2n) is 7.65. The molecule has 0 aromatic carbocycles. The van der Waals surface area contributed by atoms with E-state index in [2.05, 4.69) is 20.6 Å². The Hall–Kier alpha value is -3.55. The number of nitrogens with zero attached hydrogens (tertiary/aromatic N) is 4. The van der Waals surface area contributed by atoms with Gasteiger partial charge in [-0.2, -0.15) is 0 Å². The summed E-state index contributed by atoms with van der Waals surface area (Å²) in [5.74, 6) is 1.19. The number of amides is 1. The van der Waals surface area contributed by atoms with Gasteiger partial charge in [-0.15, -0.1) is 0 Å². The van der Waals surface area contributed by atoms with Crippen molar-refractivity contribution in [2.75, 3.05) is 30.8 Å². The van der Waals surface area contributed by atoms with Gasteiger partial charge in [0.25, 0.3) is 5.91 Å². The molecule has 1 aliphatic heterocycles. The van der Waals surface area contributed by atoms with Crippen molar-refractivity contribution >= 4 is 23.2 Å². The number of halogens is 1. The minimum Gasteiger partial charge on any atom is -0.373 e. The molecule has 160 valence electrons. The van der Waals surface area contributed by atoms with Crippen molar-refractivity contribution in [2.45, 2.75) is 25.7 Å². The lowest BCUT2D eigenvalue weighted by Gasteiger charge is -2.32. The summed E-state index contributed by atoms with van der Waals surface area (Å²) in [5.41, 5.74) is 3.41. The topological polar surface area (TPSA) is 83.0 Å². The maximum atomic E-state index is 13.1. The van der Waals surface area contributed by atoms with Crippen LogP contribution in [0.2, 0.25) is 0 Å². The fourth-order valence-electron chi connectivity index (χ4n) is 3.83. The van der Waals surface area contributed by atoms with E-state index in [4.69, 9.17) is 4.98 Å². The van der Waals surface area contributed by atoms with E-state index in [1.54, 1.807) is 31.4 Å². The van der Waals surface area contributed by atoms with Gasteiger partial charge in [-0.05, 0) is 56.2 Å². The number of carbonyl (C=O) groups is 1. The maximum absolute atomic E-state index is 13.1. The first-order chi connectivity index (χ1) is 15.0. The minimum absolute atomic E-state index is 0.0271. The van der Waals surface area contributed by atoms with Gasteiger partial charge in [0.05, 0.1) is 6.20 Å². The number of aryl methyl sites for hydroxylation is 1.